The SMILES string of the molecule is CCN(CC)c1ccc(C2C(=O)CCC(C)CC2(C)C)c(O)c1. The first kappa shape index (κ1) is 17.8. The van der Waals surface area contributed by atoms with Gasteiger partial charge in [-0.15, -0.1) is 0 Å². The van der Waals surface area contributed by atoms with Gasteiger partial charge in [0.2, 0.25) is 0 Å². The fourth-order valence-electron chi connectivity index (χ4n) is 4.24. The molecule has 0 aliphatic heterocycles. The number of aromatic hydroxyl groups is 1. The number of anilines is 1. The third-order valence-electron chi connectivity index (χ3n) is 5.32. The molecule has 0 heterocycles. The molecule has 128 valence electrons. The molecule has 1 aromatic carbocycles. The third-order valence-corrected chi connectivity index (χ3v) is 5.32. The van der Waals surface area contributed by atoms with Crippen molar-refractivity contribution in [2.45, 2.75) is 59.8 Å². The molecule has 1 aliphatic carbocycles. The number of carbonyl (C=O) groups is 1. The van der Waals surface area contributed by atoms with E-state index in [9.17, 15) is 9.90 Å². The van der Waals surface area contributed by atoms with Crippen LogP contribution in [0.3, 0.4) is 0 Å². The Hall–Kier alpha value is -1.51. The standard InChI is InChI=1S/C20H31NO2/c1-6-21(7-2)15-9-10-16(18(23)12-15)19-17(22)11-8-14(3)13-20(19,4)5/h9-10,12,14,19,23H,6-8,11,13H2,1-5H3. The van der Waals surface area contributed by atoms with E-state index in [0.717, 1.165) is 37.2 Å². The zero-order chi connectivity index (χ0) is 17.2. The van der Waals surface area contributed by atoms with Gasteiger partial charge in [-0.1, -0.05) is 26.8 Å². The lowest BCUT2D eigenvalue weighted by molar-refractivity contribution is -0.122. The van der Waals surface area contributed by atoms with Crippen LogP contribution in [0, 0.1) is 11.3 Å². The van der Waals surface area contributed by atoms with Crippen molar-refractivity contribution in [2.24, 2.45) is 11.3 Å². The lowest BCUT2D eigenvalue weighted by Gasteiger charge is -2.34. The van der Waals surface area contributed by atoms with Crippen LogP contribution >= 0.6 is 0 Å². The maximum absolute atomic E-state index is 12.7. The Kier molecular flexibility index (Phi) is 5.38. The quantitative estimate of drug-likeness (QED) is 0.816. The van der Waals surface area contributed by atoms with E-state index in [1.165, 1.54) is 0 Å². The average molecular weight is 317 g/mol. The van der Waals surface area contributed by atoms with Gasteiger partial charge in [-0.25, -0.2) is 0 Å². The second kappa shape index (κ2) is 6.94. The minimum Gasteiger partial charge on any atom is -0.508 e. The van der Waals surface area contributed by atoms with Crippen molar-refractivity contribution < 1.29 is 9.90 Å². The van der Waals surface area contributed by atoms with Crippen molar-refractivity contribution in [3.8, 4) is 5.75 Å². The molecule has 1 saturated carbocycles. The maximum Gasteiger partial charge on any atom is 0.141 e. The van der Waals surface area contributed by atoms with Crippen molar-refractivity contribution in [3.63, 3.8) is 0 Å². The van der Waals surface area contributed by atoms with Crippen LogP contribution in [0.25, 0.3) is 0 Å². The molecular formula is C20H31NO2. The van der Waals surface area contributed by atoms with Gasteiger partial charge in [0.25, 0.3) is 0 Å². The molecule has 0 spiro atoms. The van der Waals surface area contributed by atoms with Gasteiger partial charge in [0, 0.05) is 36.8 Å². The monoisotopic (exact) mass is 317 g/mol. The Balaban J connectivity index is 2.41. The third kappa shape index (κ3) is 3.70. The summed E-state index contributed by atoms with van der Waals surface area (Å²) >= 11 is 0. The van der Waals surface area contributed by atoms with Gasteiger partial charge in [0.05, 0.1) is 5.92 Å². The highest BCUT2D eigenvalue weighted by Gasteiger charge is 2.40. The molecule has 23 heavy (non-hydrogen) atoms. The Morgan fingerprint density at radius 1 is 1.26 bits per heavy atom. The van der Waals surface area contributed by atoms with Crippen molar-refractivity contribution in [2.75, 3.05) is 18.0 Å². The Morgan fingerprint density at radius 2 is 1.91 bits per heavy atom. The molecule has 3 heteroatoms. The Labute approximate surface area is 140 Å². The summed E-state index contributed by atoms with van der Waals surface area (Å²) in [6.45, 7) is 12.6. The highest BCUT2D eigenvalue weighted by Crippen LogP contribution is 2.48. The second-order valence-corrected chi connectivity index (χ2v) is 7.65. The molecular weight excluding hydrogens is 286 g/mol. The molecule has 2 rings (SSSR count). The molecule has 0 radical (unpaired) electrons. The number of Topliss-reactive ketones (excluding diaryl/α,β-unsaturated/α-hetero) is 1. The van der Waals surface area contributed by atoms with Crippen LogP contribution in [-0.2, 0) is 4.79 Å². The largest absolute Gasteiger partial charge is 0.508 e. The number of rotatable bonds is 4. The smallest absolute Gasteiger partial charge is 0.141 e. The second-order valence-electron chi connectivity index (χ2n) is 7.65. The van der Waals surface area contributed by atoms with E-state index in [1.807, 2.05) is 18.2 Å². The van der Waals surface area contributed by atoms with Gasteiger partial charge in [0.15, 0.2) is 0 Å². The molecule has 1 fully saturated rings. The molecule has 1 N–H and O–H groups in total. The Morgan fingerprint density at radius 3 is 2.48 bits per heavy atom. The van der Waals surface area contributed by atoms with Crippen LogP contribution in [0.2, 0.25) is 0 Å². The van der Waals surface area contributed by atoms with Crippen LogP contribution in [-0.4, -0.2) is 24.0 Å². The van der Waals surface area contributed by atoms with Gasteiger partial charge < -0.3 is 10.0 Å². The summed E-state index contributed by atoms with van der Waals surface area (Å²) in [6, 6.07) is 5.82. The van der Waals surface area contributed by atoms with E-state index in [-0.39, 0.29) is 22.9 Å². The minimum absolute atomic E-state index is 0.124. The maximum atomic E-state index is 12.7. The lowest BCUT2D eigenvalue weighted by atomic mass is 9.70. The number of phenols is 1. The minimum atomic E-state index is -0.210. The van der Waals surface area contributed by atoms with Crippen molar-refractivity contribution in [3.05, 3.63) is 23.8 Å². The molecule has 3 nitrogen and oxygen atoms in total. The fourth-order valence-corrected chi connectivity index (χ4v) is 4.24. The van der Waals surface area contributed by atoms with Crippen LogP contribution in [0.1, 0.15) is 65.4 Å². The average Bonchev–Trinajstić information content (AvgIpc) is 2.57. The number of carbonyl (C=O) groups excluding carboxylic acids is 1. The van der Waals surface area contributed by atoms with Crippen molar-refractivity contribution in [1.82, 2.24) is 0 Å². The zero-order valence-corrected chi connectivity index (χ0v) is 15.2. The van der Waals surface area contributed by atoms with E-state index in [1.54, 1.807) is 0 Å². The van der Waals surface area contributed by atoms with E-state index in [0.29, 0.717) is 12.3 Å². The summed E-state index contributed by atoms with van der Waals surface area (Å²) in [5.41, 5.74) is 1.69. The van der Waals surface area contributed by atoms with Gasteiger partial charge in [-0.2, -0.15) is 0 Å². The van der Waals surface area contributed by atoms with Crippen LogP contribution in [0.4, 0.5) is 5.69 Å². The number of hydrogen-bond donors (Lipinski definition) is 1. The molecule has 1 aromatic rings. The van der Waals surface area contributed by atoms with Gasteiger partial charge in [0.1, 0.15) is 11.5 Å². The number of nitrogens with zero attached hydrogens (tertiary/aromatic N) is 1. The topological polar surface area (TPSA) is 40.5 Å². The van der Waals surface area contributed by atoms with Gasteiger partial charge in [-0.3, -0.25) is 4.79 Å². The van der Waals surface area contributed by atoms with Crippen LogP contribution < -0.4 is 4.90 Å². The normalized spacial score (nSPS) is 24.3. The first-order valence-electron chi connectivity index (χ1n) is 8.90. The zero-order valence-electron chi connectivity index (χ0n) is 15.2. The number of hydrogen-bond acceptors (Lipinski definition) is 3. The molecule has 1 aliphatic rings. The predicted octanol–water partition coefficient (Wildman–Crippen LogP) is 4.74. The first-order chi connectivity index (χ1) is 10.8. The van der Waals surface area contributed by atoms with E-state index in [4.69, 9.17) is 0 Å². The number of benzene rings is 1. The molecule has 0 bridgehead atoms. The summed E-state index contributed by atoms with van der Waals surface area (Å²) in [5.74, 6) is 0.870. The number of ketones is 1. The molecule has 2 unspecified atom stereocenters. The van der Waals surface area contributed by atoms with Crippen molar-refractivity contribution >= 4 is 11.5 Å². The van der Waals surface area contributed by atoms with E-state index in [2.05, 4.69) is 39.5 Å². The van der Waals surface area contributed by atoms with Gasteiger partial charge >= 0.3 is 0 Å². The lowest BCUT2D eigenvalue weighted by Crippen LogP contribution is -2.28. The molecule has 0 saturated heterocycles. The van der Waals surface area contributed by atoms with Crippen LogP contribution in [0.5, 0.6) is 5.75 Å². The Bertz CT molecular complexity index is 561. The number of phenolic OH excluding ortho intramolecular Hbond substituents is 1. The molecule has 0 amide bonds. The summed E-state index contributed by atoms with van der Waals surface area (Å²) < 4.78 is 0. The van der Waals surface area contributed by atoms with Crippen LogP contribution in [0.15, 0.2) is 18.2 Å². The summed E-state index contributed by atoms with van der Waals surface area (Å²) in [5, 5.41) is 10.6. The summed E-state index contributed by atoms with van der Waals surface area (Å²) in [6.07, 6.45) is 2.59. The molecule has 2 atom stereocenters. The summed E-state index contributed by atoms with van der Waals surface area (Å²) in [7, 11) is 0. The first-order valence-corrected chi connectivity index (χ1v) is 8.90. The summed E-state index contributed by atoms with van der Waals surface area (Å²) in [4.78, 5) is 14.9. The molecule has 0 aromatic heterocycles. The van der Waals surface area contributed by atoms with E-state index < -0.39 is 0 Å². The van der Waals surface area contributed by atoms with E-state index >= 15 is 0 Å². The predicted molar refractivity (Wildman–Crippen MR) is 96.2 cm³/mol. The van der Waals surface area contributed by atoms with Crippen molar-refractivity contribution in [1.29, 1.82) is 0 Å². The highest BCUT2D eigenvalue weighted by atomic mass is 16.3. The van der Waals surface area contributed by atoms with Gasteiger partial charge in [-0.05, 0) is 44.1 Å². The highest BCUT2D eigenvalue weighted by molar-refractivity contribution is 5.87. The fraction of sp³-hybridized carbons (Fsp3) is 0.650.